The van der Waals surface area contributed by atoms with Gasteiger partial charge in [-0.05, 0) is 57.5 Å². The molecular weight excluding hydrogens is 592 g/mol. The number of carbonyl (C=O) groups is 4. The molecule has 1 aromatic heterocycles. The molecule has 0 radical (unpaired) electrons. The van der Waals surface area contributed by atoms with Gasteiger partial charge < -0.3 is 29.3 Å². The number of benzene rings is 3. The van der Waals surface area contributed by atoms with Crippen molar-refractivity contribution >= 4 is 46.3 Å². The van der Waals surface area contributed by atoms with Crippen LogP contribution in [0.2, 0.25) is 0 Å². The second kappa shape index (κ2) is 13.3. The van der Waals surface area contributed by atoms with Crippen LogP contribution in [0.5, 0.6) is 0 Å². The minimum atomic E-state index is -0.750. The summed E-state index contributed by atoms with van der Waals surface area (Å²) in [7, 11) is 1.53. The molecule has 4 amide bonds. The van der Waals surface area contributed by atoms with Crippen molar-refractivity contribution in [3.8, 4) is 22.5 Å². The number of hydrogen-bond acceptors (Lipinski definition) is 8. The lowest BCUT2D eigenvalue weighted by molar-refractivity contribution is 0.0512. The van der Waals surface area contributed by atoms with E-state index in [1.807, 2.05) is 52.0 Å². The molecule has 5 rings (SSSR count). The lowest BCUT2D eigenvalue weighted by atomic mass is 9.96. The summed E-state index contributed by atoms with van der Waals surface area (Å²) in [6.45, 7) is 7.60. The summed E-state index contributed by atoms with van der Waals surface area (Å²) < 4.78 is 22.2. The third-order valence-electron chi connectivity index (χ3n) is 7.00. The summed E-state index contributed by atoms with van der Waals surface area (Å²) in [4.78, 5) is 52.2. The van der Waals surface area contributed by atoms with Crippen LogP contribution >= 0.6 is 0 Å². The van der Waals surface area contributed by atoms with E-state index in [2.05, 4.69) is 21.3 Å². The average molecular weight is 629 g/mol. The van der Waals surface area contributed by atoms with Crippen LogP contribution in [0.25, 0.3) is 33.4 Å². The third-order valence-corrected chi connectivity index (χ3v) is 7.00. The number of furan rings is 1. The van der Waals surface area contributed by atoms with Crippen LogP contribution in [-0.2, 0) is 14.2 Å². The summed E-state index contributed by atoms with van der Waals surface area (Å²) in [5, 5.41) is 11.5. The van der Waals surface area contributed by atoms with Crippen LogP contribution in [0.3, 0.4) is 0 Å². The van der Waals surface area contributed by atoms with Crippen molar-refractivity contribution in [1.82, 2.24) is 10.6 Å². The highest BCUT2D eigenvalue weighted by atomic mass is 16.6. The lowest BCUT2D eigenvalue weighted by Gasteiger charge is -2.21. The van der Waals surface area contributed by atoms with Gasteiger partial charge in [0, 0.05) is 46.4 Å². The molecule has 4 aromatic rings. The van der Waals surface area contributed by atoms with Gasteiger partial charge in [0.05, 0.1) is 24.5 Å². The zero-order valence-electron chi connectivity index (χ0n) is 26.3. The highest BCUT2D eigenvalue weighted by Gasteiger charge is 2.25. The smallest absolute Gasteiger partial charge is 0.411 e. The molecule has 12 heteroatoms. The van der Waals surface area contributed by atoms with Crippen LogP contribution < -0.4 is 21.3 Å². The maximum absolute atomic E-state index is 13.4. The first-order valence-electron chi connectivity index (χ1n) is 14.7. The van der Waals surface area contributed by atoms with Gasteiger partial charge in [-0.2, -0.15) is 0 Å². The summed E-state index contributed by atoms with van der Waals surface area (Å²) in [6, 6.07) is 15.6. The van der Waals surface area contributed by atoms with Gasteiger partial charge >= 0.3 is 12.2 Å². The van der Waals surface area contributed by atoms with Crippen molar-refractivity contribution in [2.24, 2.45) is 0 Å². The first-order chi connectivity index (χ1) is 21.9. The van der Waals surface area contributed by atoms with Gasteiger partial charge in [-0.3, -0.25) is 20.2 Å². The van der Waals surface area contributed by atoms with Crippen LogP contribution in [-0.4, -0.2) is 63.0 Å². The number of cyclic esters (lactones) is 2. The van der Waals surface area contributed by atoms with E-state index < -0.39 is 17.7 Å². The molecule has 240 valence electrons. The molecule has 3 aromatic carbocycles. The molecule has 0 saturated heterocycles. The Kier molecular flexibility index (Phi) is 9.28. The van der Waals surface area contributed by atoms with E-state index in [1.54, 1.807) is 24.3 Å². The molecule has 1 aliphatic heterocycles. The number of anilines is 2. The minimum absolute atomic E-state index is 0.0397. The number of hydrogen-bond donors (Lipinski definition) is 4. The molecule has 2 bridgehead atoms. The van der Waals surface area contributed by atoms with Crippen molar-refractivity contribution in [3.05, 3.63) is 71.3 Å². The van der Waals surface area contributed by atoms with Gasteiger partial charge in [0.2, 0.25) is 0 Å². The summed E-state index contributed by atoms with van der Waals surface area (Å²) >= 11 is 0. The zero-order valence-corrected chi connectivity index (χ0v) is 26.3. The molecule has 0 spiro atoms. The molecule has 0 aliphatic carbocycles. The molecule has 2 heterocycles. The zero-order chi connectivity index (χ0) is 33.0. The quantitative estimate of drug-likeness (QED) is 0.212. The van der Waals surface area contributed by atoms with E-state index in [4.69, 9.17) is 18.6 Å². The Balaban J connectivity index is 1.75. The third kappa shape index (κ3) is 7.46. The largest absolute Gasteiger partial charge is 0.455 e. The van der Waals surface area contributed by atoms with Gasteiger partial charge in [-0.1, -0.05) is 29.8 Å². The first-order valence-corrected chi connectivity index (χ1v) is 14.7. The van der Waals surface area contributed by atoms with Gasteiger partial charge in [0.15, 0.2) is 0 Å². The molecule has 0 unspecified atom stereocenters. The highest BCUT2D eigenvalue weighted by molar-refractivity contribution is 6.13. The van der Waals surface area contributed by atoms with Crippen LogP contribution in [0.1, 0.15) is 47.1 Å². The number of ether oxygens (including phenoxy) is 3. The van der Waals surface area contributed by atoms with Gasteiger partial charge in [-0.25, -0.2) is 9.59 Å². The number of aryl methyl sites for hydroxylation is 1. The molecular formula is C34H36N4O8. The Bertz CT molecular complexity index is 1800. The predicted molar refractivity (Wildman–Crippen MR) is 173 cm³/mol. The average Bonchev–Trinajstić information content (AvgIpc) is 3.37. The standard InChI is InChI=1S/C34H36N4O8/c1-19-6-8-20(9-7-19)29-28(31(40)35-5)25-17-24-21-14-22(30(39)38-34(2,3)4)16-23(15-21)36-32(41)44-12-10-43-11-13-45-33(42)37-26(24)18-27(25)46-29/h6-9,14-18H,10-13H2,1-5H3,(H,35,40)(H,36,41)(H,37,42)(H,38,39). The summed E-state index contributed by atoms with van der Waals surface area (Å²) in [5.41, 5.74) is 3.46. The molecule has 12 nitrogen and oxygen atoms in total. The van der Waals surface area contributed by atoms with Crippen molar-refractivity contribution in [1.29, 1.82) is 0 Å². The van der Waals surface area contributed by atoms with E-state index >= 15 is 0 Å². The molecule has 0 atom stereocenters. The number of rotatable bonds is 3. The Hall–Kier alpha value is -5.36. The Labute approximate surface area is 265 Å². The summed E-state index contributed by atoms with van der Waals surface area (Å²) in [5.74, 6) is -0.420. The molecule has 0 saturated carbocycles. The monoisotopic (exact) mass is 628 g/mol. The Morgan fingerprint density at radius 1 is 0.804 bits per heavy atom. The van der Waals surface area contributed by atoms with E-state index in [0.717, 1.165) is 5.56 Å². The fourth-order valence-corrected chi connectivity index (χ4v) is 4.93. The van der Waals surface area contributed by atoms with E-state index in [1.165, 1.54) is 13.1 Å². The van der Waals surface area contributed by atoms with Gasteiger partial charge in [0.1, 0.15) is 24.6 Å². The number of fused-ring (bicyclic) bond motifs is 5. The van der Waals surface area contributed by atoms with E-state index in [0.29, 0.717) is 39.0 Å². The first kappa shape index (κ1) is 32.0. The van der Waals surface area contributed by atoms with Gasteiger partial charge in [-0.15, -0.1) is 0 Å². The van der Waals surface area contributed by atoms with Crippen molar-refractivity contribution < 1.29 is 37.8 Å². The van der Waals surface area contributed by atoms with Crippen LogP contribution in [0.15, 0.2) is 59.0 Å². The molecule has 46 heavy (non-hydrogen) atoms. The topological polar surface area (TPSA) is 157 Å². The fraction of sp³-hybridized carbons (Fsp3) is 0.294. The Morgan fingerprint density at radius 2 is 1.48 bits per heavy atom. The molecule has 1 aliphatic rings. The number of nitrogens with one attached hydrogen (secondary N) is 4. The normalized spacial score (nSPS) is 14.3. The molecule has 0 fully saturated rings. The number of amides is 4. The second-order valence-electron chi connectivity index (χ2n) is 11.8. The Morgan fingerprint density at radius 3 is 2.13 bits per heavy atom. The number of carbonyl (C=O) groups excluding carboxylic acids is 4. The predicted octanol–water partition coefficient (Wildman–Crippen LogP) is 6.09. The SMILES string of the molecule is CNC(=O)c1c(-c2ccc(C)cc2)oc2cc3c(cc12)-c1cc(cc(C(=O)NC(C)(C)C)c1)NC(=O)OCCOCCOC(=O)N3. The van der Waals surface area contributed by atoms with E-state index in [-0.39, 0.29) is 55.2 Å². The summed E-state index contributed by atoms with van der Waals surface area (Å²) in [6.07, 6.45) is -1.49. The minimum Gasteiger partial charge on any atom is -0.455 e. The maximum Gasteiger partial charge on any atom is 0.411 e. The van der Waals surface area contributed by atoms with Crippen molar-refractivity contribution in [2.45, 2.75) is 33.2 Å². The van der Waals surface area contributed by atoms with Crippen LogP contribution in [0.4, 0.5) is 21.0 Å². The lowest BCUT2D eigenvalue weighted by Crippen LogP contribution is -2.40. The highest BCUT2D eigenvalue weighted by Crippen LogP contribution is 2.41. The second-order valence-corrected chi connectivity index (χ2v) is 11.8. The van der Waals surface area contributed by atoms with E-state index in [9.17, 15) is 19.2 Å². The van der Waals surface area contributed by atoms with Crippen molar-refractivity contribution in [2.75, 3.05) is 44.1 Å². The maximum atomic E-state index is 13.4. The molecule has 4 N–H and O–H groups in total. The van der Waals surface area contributed by atoms with Gasteiger partial charge in [0.25, 0.3) is 11.8 Å². The fourth-order valence-electron chi connectivity index (χ4n) is 4.93. The van der Waals surface area contributed by atoms with Crippen LogP contribution in [0, 0.1) is 6.92 Å². The van der Waals surface area contributed by atoms with Crippen molar-refractivity contribution in [3.63, 3.8) is 0 Å².